The Bertz CT molecular complexity index is 697. The highest BCUT2D eigenvalue weighted by Gasteiger charge is 2.21. The molecule has 1 aliphatic rings. The van der Waals surface area contributed by atoms with Crippen LogP contribution in [0.5, 0.6) is 0 Å². The molecule has 0 saturated carbocycles. The molecule has 6 heteroatoms. The molecule has 1 aromatic heterocycles. The molecule has 6 nitrogen and oxygen atoms in total. The molecule has 1 atom stereocenters. The summed E-state index contributed by atoms with van der Waals surface area (Å²) in [6.45, 7) is 7.63. The average Bonchev–Trinajstić information content (AvgIpc) is 3.20. The maximum absolute atomic E-state index is 10.8. The molecule has 0 spiro atoms. The number of nitro groups is 1. The fourth-order valence-electron chi connectivity index (χ4n) is 3.68. The molecule has 1 unspecified atom stereocenters. The molecule has 0 amide bonds. The number of nitrogens with zero attached hydrogens (tertiary/aromatic N) is 3. The number of fused-ring (bicyclic) bond motifs is 1. The fourth-order valence-corrected chi connectivity index (χ4v) is 3.68. The van der Waals surface area contributed by atoms with E-state index in [-0.39, 0.29) is 10.6 Å². The zero-order chi connectivity index (χ0) is 16.9. The van der Waals surface area contributed by atoms with Crippen molar-refractivity contribution >= 4 is 16.6 Å². The van der Waals surface area contributed by atoms with Crippen LogP contribution < -0.4 is 5.32 Å². The Hall–Kier alpha value is -1.92. The molecule has 0 aliphatic carbocycles. The summed E-state index contributed by atoms with van der Waals surface area (Å²) in [5.74, 6) is 0. The number of aromatic nitrogens is 1. The second-order valence-corrected chi connectivity index (χ2v) is 6.49. The number of hydrogen-bond acceptors (Lipinski definition) is 4. The summed E-state index contributed by atoms with van der Waals surface area (Å²) in [6, 6.07) is 7.72. The Morgan fingerprint density at radius 3 is 3.04 bits per heavy atom. The predicted octanol–water partition coefficient (Wildman–Crippen LogP) is 3.01. The summed E-state index contributed by atoms with van der Waals surface area (Å²) in [4.78, 5) is 13.0. The lowest BCUT2D eigenvalue weighted by Gasteiger charge is -2.23. The number of likely N-dealkylation sites (N-methyl/N-ethyl adjacent to an activating group) is 1. The number of non-ortho nitro benzene ring substituents is 1. The Kier molecular flexibility index (Phi) is 5.48. The molecule has 1 aromatic carbocycles. The first kappa shape index (κ1) is 16.9. The minimum Gasteiger partial charge on any atom is -0.347 e. The topological polar surface area (TPSA) is 63.3 Å². The fraction of sp³-hybridized carbons (Fsp3) is 0.556. The van der Waals surface area contributed by atoms with Crippen molar-refractivity contribution in [1.82, 2.24) is 14.8 Å². The van der Waals surface area contributed by atoms with Crippen LogP contribution in [0.15, 0.2) is 30.5 Å². The lowest BCUT2D eigenvalue weighted by atomic mass is 10.2. The van der Waals surface area contributed by atoms with E-state index in [1.54, 1.807) is 12.1 Å². The first-order valence-corrected chi connectivity index (χ1v) is 8.87. The van der Waals surface area contributed by atoms with Crippen molar-refractivity contribution in [3.63, 3.8) is 0 Å². The van der Waals surface area contributed by atoms with Crippen LogP contribution in [0.3, 0.4) is 0 Å². The van der Waals surface area contributed by atoms with Crippen LogP contribution in [0.1, 0.15) is 26.2 Å². The molecule has 2 heterocycles. The van der Waals surface area contributed by atoms with Gasteiger partial charge in [-0.05, 0) is 51.0 Å². The summed E-state index contributed by atoms with van der Waals surface area (Å²) in [6.07, 6.45) is 5.70. The number of aryl methyl sites for hydroxylation is 1. The van der Waals surface area contributed by atoms with Crippen LogP contribution in [0, 0.1) is 10.1 Å². The maximum atomic E-state index is 10.8. The third kappa shape index (κ3) is 3.76. The number of nitro benzene ring substituents is 1. The summed E-state index contributed by atoms with van der Waals surface area (Å²) >= 11 is 0. The second kappa shape index (κ2) is 7.77. The van der Waals surface area contributed by atoms with Gasteiger partial charge in [-0.3, -0.25) is 15.0 Å². The standard InChI is InChI=1S/C18H26N4O2/c1-2-20-10-3-5-17(20)14-19-9-4-11-21-12-8-15-13-16(22(23)24)6-7-18(15)21/h6-8,12-13,17,19H,2-5,9-11,14H2,1H3. The maximum Gasteiger partial charge on any atom is 0.270 e. The molecule has 0 bridgehead atoms. The molecule has 130 valence electrons. The van der Waals surface area contributed by atoms with E-state index in [9.17, 15) is 10.1 Å². The van der Waals surface area contributed by atoms with Gasteiger partial charge in [-0.2, -0.15) is 0 Å². The van der Waals surface area contributed by atoms with Gasteiger partial charge in [0.05, 0.1) is 4.92 Å². The van der Waals surface area contributed by atoms with Crippen molar-refractivity contribution < 1.29 is 4.92 Å². The highest BCUT2D eigenvalue weighted by atomic mass is 16.6. The van der Waals surface area contributed by atoms with Crippen LogP contribution in [-0.2, 0) is 6.54 Å². The van der Waals surface area contributed by atoms with E-state index in [1.807, 2.05) is 18.3 Å². The third-order valence-corrected chi connectivity index (χ3v) is 5.00. The monoisotopic (exact) mass is 330 g/mol. The molecule has 3 rings (SSSR count). The lowest BCUT2D eigenvalue weighted by Crippen LogP contribution is -2.38. The van der Waals surface area contributed by atoms with Crippen molar-refractivity contribution in [1.29, 1.82) is 0 Å². The number of hydrogen-bond donors (Lipinski definition) is 1. The van der Waals surface area contributed by atoms with Gasteiger partial charge in [0.25, 0.3) is 5.69 Å². The largest absolute Gasteiger partial charge is 0.347 e. The van der Waals surface area contributed by atoms with Crippen molar-refractivity contribution in [3.8, 4) is 0 Å². The van der Waals surface area contributed by atoms with Crippen molar-refractivity contribution in [2.75, 3.05) is 26.2 Å². The van der Waals surface area contributed by atoms with Crippen LogP contribution in [-0.4, -0.2) is 46.6 Å². The second-order valence-electron chi connectivity index (χ2n) is 6.49. The Labute approximate surface area is 142 Å². The summed E-state index contributed by atoms with van der Waals surface area (Å²) in [5, 5.41) is 15.4. The molecule has 0 radical (unpaired) electrons. The van der Waals surface area contributed by atoms with Gasteiger partial charge in [0.2, 0.25) is 0 Å². The van der Waals surface area contributed by atoms with Crippen LogP contribution in [0.4, 0.5) is 5.69 Å². The molecule has 1 N–H and O–H groups in total. The summed E-state index contributed by atoms with van der Waals surface area (Å²) in [7, 11) is 0. The van der Waals surface area contributed by atoms with Crippen LogP contribution >= 0.6 is 0 Å². The SMILES string of the molecule is CCN1CCCC1CNCCCn1ccc2cc([N+](=O)[O-])ccc21. The van der Waals surface area contributed by atoms with Crippen LogP contribution in [0.2, 0.25) is 0 Å². The summed E-state index contributed by atoms with van der Waals surface area (Å²) in [5.41, 5.74) is 1.22. The zero-order valence-corrected chi connectivity index (χ0v) is 14.3. The average molecular weight is 330 g/mol. The van der Waals surface area contributed by atoms with E-state index in [4.69, 9.17) is 0 Å². The van der Waals surface area contributed by atoms with E-state index in [0.717, 1.165) is 43.5 Å². The van der Waals surface area contributed by atoms with Crippen molar-refractivity contribution in [2.24, 2.45) is 0 Å². The molecule has 1 saturated heterocycles. The smallest absolute Gasteiger partial charge is 0.270 e. The molecule has 24 heavy (non-hydrogen) atoms. The molecular formula is C18H26N4O2. The highest BCUT2D eigenvalue weighted by molar-refractivity contribution is 5.82. The van der Waals surface area contributed by atoms with Gasteiger partial charge in [0, 0.05) is 48.4 Å². The normalized spacial score (nSPS) is 18.5. The van der Waals surface area contributed by atoms with Crippen molar-refractivity contribution in [2.45, 2.75) is 38.8 Å². The molecule has 1 fully saturated rings. The summed E-state index contributed by atoms with van der Waals surface area (Å²) < 4.78 is 2.18. The van der Waals surface area contributed by atoms with E-state index in [1.165, 1.54) is 19.4 Å². The minimum absolute atomic E-state index is 0.152. The molecular weight excluding hydrogens is 304 g/mol. The van der Waals surface area contributed by atoms with E-state index < -0.39 is 0 Å². The van der Waals surface area contributed by atoms with E-state index >= 15 is 0 Å². The lowest BCUT2D eigenvalue weighted by molar-refractivity contribution is -0.384. The number of rotatable bonds is 8. The van der Waals surface area contributed by atoms with Gasteiger partial charge in [-0.25, -0.2) is 0 Å². The van der Waals surface area contributed by atoms with Gasteiger partial charge in [-0.15, -0.1) is 0 Å². The Balaban J connectivity index is 1.47. The van der Waals surface area contributed by atoms with Gasteiger partial charge < -0.3 is 9.88 Å². The Morgan fingerprint density at radius 1 is 1.38 bits per heavy atom. The first-order chi connectivity index (χ1) is 11.7. The third-order valence-electron chi connectivity index (χ3n) is 5.00. The number of nitrogens with one attached hydrogen (secondary N) is 1. The minimum atomic E-state index is -0.344. The van der Waals surface area contributed by atoms with Gasteiger partial charge in [-0.1, -0.05) is 6.92 Å². The van der Waals surface area contributed by atoms with E-state index in [2.05, 4.69) is 21.7 Å². The zero-order valence-electron chi connectivity index (χ0n) is 14.3. The van der Waals surface area contributed by atoms with Gasteiger partial charge in [0.1, 0.15) is 0 Å². The first-order valence-electron chi connectivity index (χ1n) is 8.87. The number of likely N-dealkylation sites (tertiary alicyclic amines) is 1. The van der Waals surface area contributed by atoms with E-state index in [0.29, 0.717) is 6.04 Å². The number of benzene rings is 1. The highest BCUT2D eigenvalue weighted by Crippen LogP contribution is 2.22. The Morgan fingerprint density at radius 2 is 2.25 bits per heavy atom. The molecule has 1 aliphatic heterocycles. The van der Waals surface area contributed by atoms with Gasteiger partial charge in [0.15, 0.2) is 0 Å². The molecule has 2 aromatic rings. The van der Waals surface area contributed by atoms with Gasteiger partial charge >= 0.3 is 0 Å². The quantitative estimate of drug-likeness (QED) is 0.459. The van der Waals surface area contributed by atoms with Crippen molar-refractivity contribution in [3.05, 3.63) is 40.6 Å². The van der Waals surface area contributed by atoms with Crippen LogP contribution in [0.25, 0.3) is 10.9 Å². The predicted molar refractivity (Wildman–Crippen MR) is 96.3 cm³/mol.